The Kier molecular flexibility index (Phi) is 6.94. The quantitative estimate of drug-likeness (QED) is 0.720. The Bertz CT molecular complexity index is 606. The summed E-state index contributed by atoms with van der Waals surface area (Å²) in [5, 5.41) is 2.83. The van der Waals surface area contributed by atoms with Gasteiger partial charge in [0.2, 0.25) is 0 Å². The summed E-state index contributed by atoms with van der Waals surface area (Å²) in [6.45, 7) is 3.98. The number of carbonyl (C=O) groups excluding carboxylic acids is 3. The first-order chi connectivity index (χ1) is 12.0. The molecule has 0 saturated carbocycles. The minimum atomic E-state index is -0.377. The van der Waals surface area contributed by atoms with Crippen LogP contribution in [0.15, 0.2) is 24.3 Å². The number of anilines is 1. The molecule has 1 saturated heterocycles. The summed E-state index contributed by atoms with van der Waals surface area (Å²) < 4.78 is 9.69. The van der Waals surface area contributed by atoms with Crippen LogP contribution in [0.4, 0.5) is 5.69 Å². The standard InChI is InChI=1S/C18H24N2O5/c1-3-25-18(23)13-4-6-15(7-5-13)19-16(21)12-20-10-8-14(9-11-20)17(22)24-2/h4-7,14H,3,8-12H2,1-2H3,(H,19,21)/p+1. The van der Waals surface area contributed by atoms with Gasteiger partial charge < -0.3 is 19.7 Å². The number of benzene rings is 1. The van der Waals surface area contributed by atoms with E-state index in [0.29, 0.717) is 24.4 Å². The van der Waals surface area contributed by atoms with Gasteiger partial charge in [-0.25, -0.2) is 4.79 Å². The second kappa shape index (κ2) is 9.17. The summed E-state index contributed by atoms with van der Waals surface area (Å²) in [5.41, 5.74) is 1.09. The fourth-order valence-corrected chi connectivity index (χ4v) is 2.94. The number of quaternary nitrogens is 1. The van der Waals surface area contributed by atoms with E-state index in [1.54, 1.807) is 31.2 Å². The fourth-order valence-electron chi connectivity index (χ4n) is 2.94. The number of rotatable bonds is 6. The Balaban J connectivity index is 1.79. The molecule has 2 rings (SSSR count). The molecule has 2 N–H and O–H groups in total. The zero-order chi connectivity index (χ0) is 18.2. The topological polar surface area (TPSA) is 86.1 Å². The van der Waals surface area contributed by atoms with Gasteiger partial charge in [-0.3, -0.25) is 9.59 Å². The second-order valence-corrected chi connectivity index (χ2v) is 6.07. The summed E-state index contributed by atoms with van der Waals surface area (Å²) in [6, 6.07) is 6.62. The second-order valence-electron chi connectivity index (χ2n) is 6.07. The molecular weight excluding hydrogens is 324 g/mol. The van der Waals surface area contributed by atoms with Crippen molar-refractivity contribution in [3.8, 4) is 0 Å². The molecule has 25 heavy (non-hydrogen) atoms. The van der Waals surface area contributed by atoms with Crippen molar-refractivity contribution < 1.29 is 28.8 Å². The molecule has 1 heterocycles. The first-order valence-corrected chi connectivity index (χ1v) is 8.52. The molecule has 1 aromatic rings. The van der Waals surface area contributed by atoms with Gasteiger partial charge in [0.05, 0.1) is 38.3 Å². The molecule has 1 amide bonds. The highest BCUT2D eigenvalue weighted by Gasteiger charge is 2.29. The number of hydrogen-bond acceptors (Lipinski definition) is 5. The van der Waals surface area contributed by atoms with Crippen molar-refractivity contribution in [1.82, 2.24) is 0 Å². The molecule has 7 heteroatoms. The van der Waals surface area contributed by atoms with Crippen LogP contribution in [0.5, 0.6) is 0 Å². The highest BCUT2D eigenvalue weighted by molar-refractivity contribution is 5.93. The summed E-state index contributed by atoms with van der Waals surface area (Å²) in [7, 11) is 1.40. The lowest BCUT2D eigenvalue weighted by molar-refractivity contribution is -0.897. The molecule has 1 aliphatic rings. The van der Waals surface area contributed by atoms with Crippen LogP contribution in [0.1, 0.15) is 30.1 Å². The minimum absolute atomic E-state index is 0.0489. The van der Waals surface area contributed by atoms with Gasteiger partial charge in [-0.2, -0.15) is 0 Å². The molecule has 0 aliphatic carbocycles. The first-order valence-electron chi connectivity index (χ1n) is 8.52. The van der Waals surface area contributed by atoms with E-state index in [-0.39, 0.29) is 23.8 Å². The van der Waals surface area contributed by atoms with Crippen molar-refractivity contribution in [2.75, 3.05) is 38.7 Å². The fraction of sp³-hybridized carbons (Fsp3) is 0.500. The average Bonchev–Trinajstić information content (AvgIpc) is 2.62. The maximum atomic E-state index is 12.2. The maximum Gasteiger partial charge on any atom is 0.338 e. The van der Waals surface area contributed by atoms with Crippen molar-refractivity contribution in [2.45, 2.75) is 19.8 Å². The van der Waals surface area contributed by atoms with Gasteiger partial charge in [0.15, 0.2) is 6.54 Å². The van der Waals surface area contributed by atoms with Crippen molar-refractivity contribution in [1.29, 1.82) is 0 Å². The summed E-state index contributed by atoms with van der Waals surface area (Å²) in [5.74, 6) is -0.675. The van der Waals surface area contributed by atoms with E-state index in [0.717, 1.165) is 30.8 Å². The van der Waals surface area contributed by atoms with E-state index in [2.05, 4.69) is 5.32 Å². The van der Waals surface area contributed by atoms with E-state index in [1.807, 2.05) is 0 Å². The van der Waals surface area contributed by atoms with Gasteiger partial charge in [0, 0.05) is 18.5 Å². The van der Waals surface area contributed by atoms with E-state index in [4.69, 9.17) is 9.47 Å². The number of esters is 2. The number of methoxy groups -OCH3 is 1. The van der Waals surface area contributed by atoms with Crippen LogP contribution in [0, 0.1) is 5.92 Å². The highest BCUT2D eigenvalue weighted by atomic mass is 16.5. The predicted octanol–water partition coefficient (Wildman–Crippen LogP) is 0.270. The number of ether oxygens (including phenoxy) is 2. The highest BCUT2D eigenvalue weighted by Crippen LogP contribution is 2.12. The average molecular weight is 349 g/mol. The zero-order valence-corrected chi connectivity index (χ0v) is 14.7. The predicted molar refractivity (Wildman–Crippen MR) is 91.3 cm³/mol. The molecule has 0 unspecified atom stereocenters. The van der Waals surface area contributed by atoms with Crippen molar-refractivity contribution in [2.24, 2.45) is 5.92 Å². The lowest BCUT2D eigenvalue weighted by Gasteiger charge is -2.27. The van der Waals surface area contributed by atoms with E-state index < -0.39 is 0 Å². The van der Waals surface area contributed by atoms with Crippen molar-refractivity contribution in [3.05, 3.63) is 29.8 Å². The molecule has 1 fully saturated rings. The summed E-state index contributed by atoms with van der Waals surface area (Å²) in [4.78, 5) is 36.4. The number of piperidine rings is 1. The van der Waals surface area contributed by atoms with Crippen LogP contribution < -0.4 is 10.2 Å². The van der Waals surface area contributed by atoms with Gasteiger partial charge in [0.25, 0.3) is 5.91 Å². The Labute approximate surface area is 147 Å². The third-order valence-electron chi connectivity index (χ3n) is 4.32. The molecule has 0 aromatic heterocycles. The van der Waals surface area contributed by atoms with E-state index in [1.165, 1.54) is 7.11 Å². The third-order valence-corrected chi connectivity index (χ3v) is 4.32. The van der Waals surface area contributed by atoms with Gasteiger partial charge >= 0.3 is 11.9 Å². The molecule has 7 nitrogen and oxygen atoms in total. The summed E-state index contributed by atoms with van der Waals surface area (Å²) in [6.07, 6.45) is 1.48. The first kappa shape index (κ1) is 18.9. The number of nitrogens with one attached hydrogen (secondary N) is 2. The van der Waals surface area contributed by atoms with Crippen LogP contribution in [0.25, 0.3) is 0 Å². The van der Waals surface area contributed by atoms with Crippen molar-refractivity contribution in [3.63, 3.8) is 0 Å². The summed E-state index contributed by atoms with van der Waals surface area (Å²) >= 11 is 0. The smallest absolute Gasteiger partial charge is 0.338 e. The molecule has 0 radical (unpaired) electrons. The molecule has 1 aliphatic heterocycles. The SMILES string of the molecule is CCOC(=O)c1ccc(NC(=O)C[NH+]2CCC(C(=O)OC)CC2)cc1. The van der Waals surface area contributed by atoms with Crippen LogP contribution in [-0.4, -0.2) is 51.2 Å². The van der Waals surface area contributed by atoms with Crippen LogP contribution in [-0.2, 0) is 19.1 Å². The lowest BCUT2D eigenvalue weighted by Crippen LogP contribution is -3.14. The lowest BCUT2D eigenvalue weighted by atomic mass is 9.97. The molecule has 1 aromatic carbocycles. The van der Waals surface area contributed by atoms with Gasteiger partial charge in [0.1, 0.15) is 0 Å². The number of amides is 1. The van der Waals surface area contributed by atoms with Gasteiger partial charge in [-0.05, 0) is 31.2 Å². The monoisotopic (exact) mass is 349 g/mol. The van der Waals surface area contributed by atoms with E-state index >= 15 is 0 Å². The molecule has 0 bridgehead atoms. The van der Waals surface area contributed by atoms with Crippen molar-refractivity contribution >= 4 is 23.5 Å². The van der Waals surface area contributed by atoms with E-state index in [9.17, 15) is 14.4 Å². The number of likely N-dealkylation sites (tertiary alicyclic amines) is 1. The third kappa shape index (κ3) is 5.56. The van der Waals surface area contributed by atoms with Crippen LogP contribution in [0.3, 0.4) is 0 Å². The molecule has 136 valence electrons. The van der Waals surface area contributed by atoms with Crippen LogP contribution >= 0.6 is 0 Å². The molecule has 0 atom stereocenters. The normalized spacial score (nSPS) is 19.8. The van der Waals surface area contributed by atoms with Gasteiger partial charge in [-0.1, -0.05) is 0 Å². The maximum absolute atomic E-state index is 12.2. The number of carbonyl (C=O) groups is 3. The molecular formula is C18H25N2O5+. The largest absolute Gasteiger partial charge is 0.469 e. The number of hydrogen-bond donors (Lipinski definition) is 2. The Morgan fingerprint density at radius 3 is 2.36 bits per heavy atom. The minimum Gasteiger partial charge on any atom is -0.469 e. The molecule has 0 spiro atoms. The van der Waals surface area contributed by atoms with Crippen LogP contribution in [0.2, 0.25) is 0 Å². The Hall–Kier alpha value is -2.41. The Morgan fingerprint density at radius 1 is 1.16 bits per heavy atom. The van der Waals surface area contributed by atoms with Gasteiger partial charge in [-0.15, -0.1) is 0 Å². The Morgan fingerprint density at radius 2 is 1.80 bits per heavy atom. The zero-order valence-electron chi connectivity index (χ0n) is 14.7.